The van der Waals surface area contributed by atoms with Crippen LogP contribution in [0.2, 0.25) is 0 Å². The molecule has 5 aromatic rings. The van der Waals surface area contributed by atoms with Gasteiger partial charge in [-0.1, -0.05) is 90.7 Å². The van der Waals surface area contributed by atoms with E-state index in [-0.39, 0.29) is 5.91 Å². The van der Waals surface area contributed by atoms with Crippen molar-refractivity contribution in [1.82, 2.24) is 20.2 Å². The molecule has 2 heterocycles. The van der Waals surface area contributed by atoms with Crippen LogP contribution >= 0.6 is 23.1 Å². The number of amides is 1. The summed E-state index contributed by atoms with van der Waals surface area (Å²) in [5, 5.41) is 12.4. The third-order valence-electron chi connectivity index (χ3n) is 5.50. The van der Waals surface area contributed by atoms with E-state index in [1.807, 2.05) is 85.8 Å². The number of benzene rings is 3. The Morgan fingerprint density at radius 3 is 2.31 bits per heavy atom. The van der Waals surface area contributed by atoms with E-state index >= 15 is 0 Å². The number of aromatic nitrogens is 4. The van der Waals surface area contributed by atoms with E-state index in [1.54, 1.807) is 7.11 Å². The van der Waals surface area contributed by atoms with Crippen molar-refractivity contribution < 1.29 is 9.53 Å². The molecule has 9 heteroatoms. The maximum absolute atomic E-state index is 13.1. The normalized spacial score (nSPS) is 11.8. The molecule has 1 amide bonds. The third kappa shape index (κ3) is 5.22. The number of rotatable bonds is 8. The monoisotopic (exact) mass is 513 g/mol. The molecule has 3 aromatic carbocycles. The minimum Gasteiger partial charge on any atom is -0.497 e. The largest absolute Gasteiger partial charge is 0.497 e. The molecular weight excluding hydrogens is 490 g/mol. The van der Waals surface area contributed by atoms with Gasteiger partial charge in [-0.25, -0.2) is 9.97 Å². The van der Waals surface area contributed by atoms with Crippen molar-refractivity contribution in [3.63, 3.8) is 0 Å². The van der Waals surface area contributed by atoms with Crippen LogP contribution < -0.4 is 10.1 Å². The summed E-state index contributed by atoms with van der Waals surface area (Å²) in [5.41, 5.74) is 4.12. The molecule has 0 saturated heterocycles. The second kappa shape index (κ2) is 10.8. The zero-order chi connectivity index (χ0) is 24.9. The highest BCUT2D eigenvalue weighted by atomic mass is 32.2. The van der Waals surface area contributed by atoms with E-state index in [9.17, 15) is 4.79 Å². The lowest BCUT2D eigenvalue weighted by atomic mass is 10.0. The number of nitrogens with one attached hydrogen (secondary N) is 1. The van der Waals surface area contributed by atoms with Crippen LogP contribution in [0.5, 0.6) is 5.75 Å². The average molecular weight is 514 g/mol. The molecule has 0 saturated carbocycles. The summed E-state index contributed by atoms with van der Waals surface area (Å²) in [4.78, 5) is 22.5. The van der Waals surface area contributed by atoms with Gasteiger partial charge in [0.25, 0.3) is 0 Å². The highest BCUT2D eigenvalue weighted by Crippen LogP contribution is 2.33. The molecule has 5 rings (SSSR count). The number of carbonyl (C=O) groups excluding carboxylic acids is 1. The smallest absolute Gasteiger partial charge is 0.239 e. The van der Waals surface area contributed by atoms with Crippen molar-refractivity contribution in [2.45, 2.75) is 23.8 Å². The summed E-state index contributed by atoms with van der Waals surface area (Å²) in [5.74, 6) is 0.606. The molecule has 1 atom stereocenters. The Labute approximate surface area is 217 Å². The van der Waals surface area contributed by atoms with Crippen LogP contribution in [0.15, 0.2) is 84.0 Å². The van der Waals surface area contributed by atoms with E-state index in [1.165, 1.54) is 23.1 Å². The molecule has 1 N–H and O–H groups in total. The van der Waals surface area contributed by atoms with E-state index in [0.29, 0.717) is 22.4 Å². The predicted molar refractivity (Wildman–Crippen MR) is 145 cm³/mol. The molecule has 0 aliphatic carbocycles. The molecule has 7 nitrogen and oxygen atoms in total. The quantitative estimate of drug-likeness (QED) is 0.242. The number of hydrogen-bond acceptors (Lipinski definition) is 8. The van der Waals surface area contributed by atoms with Gasteiger partial charge in [0.05, 0.1) is 22.6 Å². The first kappa shape index (κ1) is 23.9. The number of nitrogens with zero attached hydrogens (tertiary/aromatic N) is 4. The van der Waals surface area contributed by atoms with Crippen molar-refractivity contribution in [3.05, 3.63) is 78.9 Å². The highest BCUT2D eigenvalue weighted by molar-refractivity contribution is 8.00. The maximum Gasteiger partial charge on any atom is 0.239 e. The summed E-state index contributed by atoms with van der Waals surface area (Å²) < 4.78 is 6.23. The van der Waals surface area contributed by atoms with Gasteiger partial charge >= 0.3 is 0 Å². The molecule has 0 spiro atoms. The Kier molecular flexibility index (Phi) is 7.20. The fourth-order valence-electron chi connectivity index (χ4n) is 3.67. The van der Waals surface area contributed by atoms with Gasteiger partial charge in [-0.3, -0.25) is 4.79 Å². The minimum absolute atomic E-state index is 0.148. The molecule has 0 bridgehead atoms. The topological polar surface area (TPSA) is 89.9 Å². The lowest BCUT2D eigenvalue weighted by molar-refractivity contribution is -0.115. The van der Waals surface area contributed by atoms with E-state index in [4.69, 9.17) is 9.72 Å². The number of carbonyl (C=O) groups is 1. The number of thioether (sulfide) groups is 1. The van der Waals surface area contributed by atoms with Crippen LogP contribution in [0.25, 0.3) is 32.7 Å². The van der Waals surface area contributed by atoms with Gasteiger partial charge in [-0.15, -0.1) is 10.2 Å². The fourth-order valence-corrected chi connectivity index (χ4v) is 5.39. The van der Waals surface area contributed by atoms with Crippen molar-refractivity contribution >= 4 is 44.4 Å². The first-order valence-electron chi connectivity index (χ1n) is 11.4. The molecule has 1 unspecified atom stereocenters. The molecule has 0 aliphatic heterocycles. The number of thiazole rings is 1. The lowest BCUT2D eigenvalue weighted by Crippen LogP contribution is -2.24. The number of methoxy groups -OCH3 is 1. The molecule has 2 aromatic heterocycles. The SMILES string of the molecule is CCC(Sc1nnc(-c2ccccc2)c(-c2ccccc2)n1)C(=O)Nc1nc2ccc(OC)cc2s1. The number of anilines is 1. The standard InChI is InChI=1S/C27H23N5O2S2/c1-3-21(25(33)30-26-28-20-15-14-19(34-2)16-22(20)36-26)35-27-29-23(17-10-6-4-7-11-17)24(31-32-27)18-12-8-5-9-13-18/h4-16,21H,3H2,1-2H3,(H,28,30,33). The van der Waals surface area contributed by atoms with Gasteiger partial charge in [0.2, 0.25) is 11.1 Å². The second-order valence-corrected chi connectivity index (χ2v) is 10.1. The summed E-state index contributed by atoms with van der Waals surface area (Å²) in [6, 6.07) is 25.4. The highest BCUT2D eigenvalue weighted by Gasteiger charge is 2.23. The first-order chi connectivity index (χ1) is 17.6. The predicted octanol–water partition coefficient (Wildman–Crippen LogP) is 6.33. The van der Waals surface area contributed by atoms with Crippen molar-refractivity contribution in [3.8, 4) is 28.3 Å². The van der Waals surface area contributed by atoms with Gasteiger partial charge in [-0.2, -0.15) is 0 Å². The number of hydrogen-bond donors (Lipinski definition) is 1. The molecule has 36 heavy (non-hydrogen) atoms. The van der Waals surface area contributed by atoms with Crippen LogP contribution in [0.4, 0.5) is 5.13 Å². The van der Waals surface area contributed by atoms with Gasteiger partial charge in [0.1, 0.15) is 17.1 Å². The second-order valence-electron chi connectivity index (χ2n) is 7.88. The number of fused-ring (bicyclic) bond motifs is 1. The van der Waals surface area contributed by atoms with Crippen LogP contribution in [-0.2, 0) is 4.79 Å². The van der Waals surface area contributed by atoms with Gasteiger partial charge < -0.3 is 10.1 Å². The van der Waals surface area contributed by atoms with E-state index in [0.717, 1.165) is 32.8 Å². The number of ether oxygens (including phenoxy) is 1. The average Bonchev–Trinajstić information content (AvgIpc) is 3.33. The Morgan fingerprint density at radius 2 is 1.64 bits per heavy atom. The molecule has 0 fully saturated rings. The van der Waals surface area contributed by atoms with Crippen molar-refractivity contribution in [1.29, 1.82) is 0 Å². The maximum atomic E-state index is 13.1. The van der Waals surface area contributed by atoms with Crippen LogP contribution in [0.3, 0.4) is 0 Å². The van der Waals surface area contributed by atoms with Crippen molar-refractivity contribution in [2.24, 2.45) is 0 Å². The van der Waals surface area contributed by atoms with Crippen LogP contribution in [-0.4, -0.2) is 38.4 Å². The van der Waals surface area contributed by atoms with Crippen LogP contribution in [0.1, 0.15) is 13.3 Å². The van der Waals surface area contributed by atoms with Crippen LogP contribution in [0, 0.1) is 0 Å². The molecular formula is C27H23N5O2S2. The fraction of sp³-hybridized carbons (Fsp3) is 0.148. The van der Waals surface area contributed by atoms with Gasteiger partial charge in [0.15, 0.2) is 5.13 Å². The zero-order valence-corrected chi connectivity index (χ0v) is 21.3. The Hall–Kier alpha value is -3.82. The Bertz CT molecular complexity index is 1490. The van der Waals surface area contributed by atoms with E-state index < -0.39 is 5.25 Å². The Balaban J connectivity index is 1.39. The zero-order valence-electron chi connectivity index (χ0n) is 19.7. The van der Waals surface area contributed by atoms with Gasteiger partial charge in [-0.05, 0) is 24.6 Å². The summed E-state index contributed by atoms with van der Waals surface area (Å²) >= 11 is 2.71. The van der Waals surface area contributed by atoms with E-state index in [2.05, 4.69) is 20.5 Å². The first-order valence-corrected chi connectivity index (χ1v) is 13.1. The van der Waals surface area contributed by atoms with Gasteiger partial charge in [0, 0.05) is 11.1 Å². The summed E-state index contributed by atoms with van der Waals surface area (Å²) in [6.45, 7) is 1.96. The molecule has 0 aliphatic rings. The summed E-state index contributed by atoms with van der Waals surface area (Å²) in [7, 11) is 1.63. The molecule has 0 radical (unpaired) electrons. The summed E-state index contributed by atoms with van der Waals surface area (Å²) in [6.07, 6.45) is 0.597. The minimum atomic E-state index is -0.403. The molecule has 180 valence electrons. The van der Waals surface area contributed by atoms with Crippen molar-refractivity contribution in [2.75, 3.05) is 12.4 Å². The lowest BCUT2D eigenvalue weighted by Gasteiger charge is -2.14. The Morgan fingerprint density at radius 1 is 0.944 bits per heavy atom. The third-order valence-corrected chi connectivity index (χ3v) is 7.65.